The molecule has 6 heteroatoms. The van der Waals surface area contributed by atoms with Crippen LogP contribution in [0.5, 0.6) is 0 Å². The number of nitrogens with one attached hydrogen (secondary N) is 1. The number of hydrogen-bond acceptors (Lipinski definition) is 4. The highest BCUT2D eigenvalue weighted by Crippen LogP contribution is 2.42. The van der Waals surface area contributed by atoms with Gasteiger partial charge in [0.25, 0.3) is 5.91 Å². The summed E-state index contributed by atoms with van der Waals surface area (Å²) in [7, 11) is 0. The first kappa shape index (κ1) is 20.6. The first-order valence-electron chi connectivity index (χ1n) is 9.80. The molecule has 1 aliphatic heterocycles. The van der Waals surface area contributed by atoms with Crippen LogP contribution in [-0.2, 0) is 4.79 Å². The lowest BCUT2D eigenvalue weighted by atomic mass is 10.0. The van der Waals surface area contributed by atoms with Gasteiger partial charge >= 0.3 is 0 Å². The summed E-state index contributed by atoms with van der Waals surface area (Å²) < 4.78 is 0. The first-order chi connectivity index (χ1) is 13.2. The number of para-hydroxylation sites is 2. The standard InChI is InChI=1S/C22H29N3O2S/c1-6-7-12-24(22(3,4)5)13-19(26)25-18-11-9-8-10-17(18)23-21(27)16-14-28-15(2)20(16)25/h8-11,14H,6-7,12-13H2,1-5H3,(H,23,27). The van der Waals surface area contributed by atoms with Gasteiger partial charge in [-0.1, -0.05) is 25.5 Å². The molecule has 0 fully saturated rings. The van der Waals surface area contributed by atoms with E-state index in [0.717, 1.165) is 30.0 Å². The van der Waals surface area contributed by atoms with E-state index in [1.165, 1.54) is 11.3 Å². The molecule has 5 nitrogen and oxygen atoms in total. The van der Waals surface area contributed by atoms with Gasteiger partial charge in [-0.05, 0) is 52.8 Å². The zero-order valence-electron chi connectivity index (χ0n) is 17.3. The molecule has 2 amide bonds. The number of aryl methyl sites for hydroxylation is 1. The Morgan fingerprint density at radius 1 is 1.25 bits per heavy atom. The smallest absolute Gasteiger partial charge is 0.258 e. The molecule has 2 heterocycles. The van der Waals surface area contributed by atoms with Gasteiger partial charge in [0.05, 0.1) is 29.2 Å². The number of fused-ring (bicyclic) bond motifs is 2. The van der Waals surface area contributed by atoms with Gasteiger partial charge in [0, 0.05) is 15.8 Å². The average molecular weight is 400 g/mol. The van der Waals surface area contributed by atoms with E-state index in [1.54, 1.807) is 4.90 Å². The summed E-state index contributed by atoms with van der Waals surface area (Å²) in [4.78, 5) is 31.2. The van der Waals surface area contributed by atoms with Crippen LogP contribution in [0.2, 0.25) is 0 Å². The van der Waals surface area contributed by atoms with Crippen molar-refractivity contribution < 1.29 is 9.59 Å². The van der Waals surface area contributed by atoms with Crippen molar-refractivity contribution in [3.63, 3.8) is 0 Å². The number of nitrogens with zero attached hydrogens (tertiary/aromatic N) is 2. The number of rotatable bonds is 5. The molecule has 28 heavy (non-hydrogen) atoms. The van der Waals surface area contributed by atoms with Gasteiger partial charge in [0.1, 0.15) is 0 Å². The molecule has 0 aliphatic carbocycles. The average Bonchev–Trinajstić information content (AvgIpc) is 2.94. The Hall–Kier alpha value is -2.18. The topological polar surface area (TPSA) is 52.7 Å². The second kappa shape index (κ2) is 8.05. The minimum atomic E-state index is -0.166. The van der Waals surface area contributed by atoms with Crippen molar-refractivity contribution in [2.24, 2.45) is 0 Å². The van der Waals surface area contributed by atoms with E-state index in [0.29, 0.717) is 23.5 Å². The number of thiophene rings is 1. The lowest BCUT2D eigenvalue weighted by molar-refractivity contribution is -0.120. The van der Waals surface area contributed by atoms with E-state index in [4.69, 9.17) is 0 Å². The summed E-state index contributed by atoms with van der Waals surface area (Å²) in [6, 6.07) is 7.51. The molecule has 1 aromatic heterocycles. The summed E-state index contributed by atoms with van der Waals surface area (Å²) in [6.07, 6.45) is 2.13. The number of carbonyl (C=O) groups excluding carboxylic acids is 2. The summed E-state index contributed by atoms with van der Waals surface area (Å²) in [5, 5.41) is 4.79. The van der Waals surface area contributed by atoms with E-state index in [9.17, 15) is 9.59 Å². The third-order valence-corrected chi connectivity index (χ3v) is 6.01. The molecule has 0 atom stereocenters. The van der Waals surface area contributed by atoms with Crippen LogP contribution < -0.4 is 10.2 Å². The number of anilines is 3. The Balaban J connectivity index is 2.04. The van der Waals surface area contributed by atoms with E-state index >= 15 is 0 Å². The Kier molecular flexibility index (Phi) is 5.91. The van der Waals surface area contributed by atoms with Crippen LogP contribution in [-0.4, -0.2) is 35.3 Å². The minimum absolute atomic E-state index is 0.0160. The second-order valence-corrected chi connectivity index (χ2v) is 9.28. The van der Waals surface area contributed by atoms with Crippen molar-refractivity contribution >= 4 is 40.2 Å². The number of hydrogen-bond donors (Lipinski definition) is 1. The third-order valence-electron chi connectivity index (χ3n) is 5.11. The van der Waals surface area contributed by atoms with Crippen molar-refractivity contribution in [2.45, 2.75) is 53.0 Å². The summed E-state index contributed by atoms with van der Waals surface area (Å²) >= 11 is 1.50. The van der Waals surface area contributed by atoms with Gasteiger partial charge in [0.15, 0.2) is 0 Å². The Labute approximate surface area is 171 Å². The van der Waals surface area contributed by atoms with E-state index in [2.05, 4.69) is 37.9 Å². The van der Waals surface area contributed by atoms with Crippen molar-refractivity contribution in [1.29, 1.82) is 0 Å². The van der Waals surface area contributed by atoms with Crippen molar-refractivity contribution in [2.75, 3.05) is 23.3 Å². The molecule has 0 spiro atoms. The van der Waals surface area contributed by atoms with E-state index < -0.39 is 0 Å². The Bertz CT molecular complexity index is 882. The molecule has 0 saturated carbocycles. The van der Waals surface area contributed by atoms with Crippen LogP contribution in [0.3, 0.4) is 0 Å². The van der Waals surface area contributed by atoms with Gasteiger partial charge < -0.3 is 5.32 Å². The summed E-state index contributed by atoms with van der Waals surface area (Å²) in [6.45, 7) is 11.7. The van der Waals surface area contributed by atoms with E-state index in [-0.39, 0.29) is 17.4 Å². The largest absolute Gasteiger partial charge is 0.320 e. The number of amides is 2. The maximum absolute atomic E-state index is 13.6. The SMILES string of the molecule is CCCCN(CC(=O)N1c2ccccc2NC(=O)c2csc(C)c21)C(C)(C)C. The van der Waals surface area contributed by atoms with Crippen LogP contribution in [0.4, 0.5) is 17.1 Å². The molecule has 1 aliphatic rings. The molecule has 0 radical (unpaired) electrons. The number of carbonyl (C=O) groups is 2. The Morgan fingerprint density at radius 3 is 2.64 bits per heavy atom. The minimum Gasteiger partial charge on any atom is -0.320 e. The number of unbranched alkanes of at least 4 members (excludes halogenated alkanes) is 1. The zero-order chi connectivity index (χ0) is 20.5. The van der Waals surface area contributed by atoms with Crippen molar-refractivity contribution in [3.05, 3.63) is 40.1 Å². The monoisotopic (exact) mass is 399 g/mol. The zero-order valence-corrected chi connectivity index (χ0v) is 18.2. The highest BCUT2D eigenvalue weighted by atomic mass is 32.1. The predicted octanol–water partition coefficient (Wildman–Crippen LogP) is 5.19. The fourth-order valence-corrected chi connectivity index (χ4v) is 4.29. The molecule has 0 bridgehead atoms. The van der Waals surface area contributed by atoms with Crippen LogP contribution in [0.25, 0.3) is 0 Å². The normalized spacial score (nSPS) is 13.8. The van der Waals surface area contributed by atoms with Crippen molar-refractivity contribution in [3.8, 4) is 0 Å². The van der Waals surface area contributed by atoms with E-state index in [1.807, 2.05) is 36.6 Å². The molecular formula is C22H29N3O2S. The lowest BCUT2D eigenvalue weighted by Crippen LogP contribution is -2.48. The quantitative estimate of drug-likeness (QED) is 0.753. The van der Waals surface area contributed by atoms with Gasteiger partial charge in [-0.3, -0.25) is 19.4 Å². The predicted molar refractivity (Wildman–Crippen MR) is 117 cm³/mol. The lowest BCUT2D eigenvalue weighted by Gasteiger charge is -2.36. The number of benzene rings is 1. The fraction of sp³-hybridized carbons (Fsp3) is 0.455. The molecule has 1 aromatic carbocycles. The Morgan fingerprint density at radius 2 is 1.96 bits per heavy atom. The van der Waals surface area contributed by atoms with Crippen LogP contribution in [0, 0.1) is 6.92 Å². The summed E-state index contributed by atoms with van der Waals surface area (Å²) in [5.74, 6) is -0.182. The molecule has 1 N–H and O–H groups in total. The maximum atomic E-state index is 13.6. The van der Waals surface area contributed by atoms with Crippen molar-refractivity contribution in [1.82, 2.24) is 4.90 Å². The maximum Gasteiger partial charge on any atom is 0.258 e. The highest BCUT2D eigenvalue weighted by molar-refractivity contribution is 7.11. The van der Waals surface area contributed by atoms with Crippen LogP contribution in [0.15, 0.2) is 29.6 Å². The summed E-state index contributed by atoms with van der Waals surface area (Å²) in [5.41, 5.74) is 2.55. The van der Waals surface area contributed by atoms with Gasteiger partial charge in [0.2, 0.25) is 5.91 Å². The van der Waals surface area contributed by atoms with Crippen LogP contribution >= 0.6 is 11.3 Å². The second-order valence-electron chi connectivity index (χ2n) is 8.20. The molecule has 150 valence electrons. The molecular weight excluding hydrogens is 370 g/mol. The highest BCUT2D eigenvalue weighted by Gasteiger charge is 2.33. The molecule has 0 saturated heterocycles. The fourth-order valence-electron chi connectivity index (χ4n) is 3.47. The van der Waals surface area contributed by atoms with Gasteiger partial charge in [-0.15, -0.1) is 11.3 Å². The van der Waals surface area contributed by atoms with Gasteiger partial charge in [-0.25, -0.2) is 0 Å². The molecule has 0 unspecified atom stereocenters. The van der Waals surface area contributed by atoms with Gasteiger partial charge in [-0.2, -0.15) is 0 Å². The molecule has 3 rings (SSSR count). The third kappa shape index (κ3) is 3.98. The van der Waals surface area contributed by atoms with Crippen LogP contribution in [0.1, 0.15) is 55.8 Å². The first-order valence-corrected chi connectivity index (χ1v) is 10.7. The molecule has 2 aromatic rings.